The van der Waals surface area contributed by atoms with E-state index < -0.39 is 12.8 Å². The van der Waals surface area contributed by atoms with E-state index in [1.54, 1.807) is 17.8 Å². The molecule has 1 aromatic rings. The summed E-state index contributed by atoms with van der Waals surface area (Å²) < 4.78 is 41.0. The van der Waals surface area contributed by atoms with Gasteiger partial charge in [0.05, 0.1) is 0 Å². The molecule has 0 spiro atoms. The van der Waals surface area contributed by atoms with Gasteiger partial charge in [-0.2, -0.15) is 24.9 Å². The lowest BCUT2D eigenvalue weighted by Crippen LogP contribution is -2.39. The number of alkyl halides is 3. The number of carbonyl (C=O) groups excluding carboxylic acids is 1. The lowest BCUT2D eigenvalue weighted by molar-refractivity contribution is -0.153. The predicted molar refractivity (Wildman–Crippen MR) is 87.6 cm³/mol. The summed E-state index contributed by atoms with van der Waals surface area (Å²) in [7, 11) is 0. The van der Waals surface area contributed by atoms with E-state index in [1.807, 2.05) is 0 Å². The Bertz CT molecular complexity index is 511. The van der Waals surface area contributed by atoms with Crippen LogP contribution in [0.2, 0.25) is 0 Å². The molecule has 1 aliphatic heterocycles. The maximum atomic E-state index is 12.1. The molecule has 0 radical (unpaired) electrons. The van der Waals surface area contributed by atoms with Crippen LogP contribution in [0.3, 0.4) is 0 Å². The number of anilines is 1. The highest BCUT2D eigenvalue weighted by Gasteiger charge is 2.28. The van der Waals surface area contributed by atoms with E-state index in [2.05, 4.69) is 15.4 Å². The van der Waals surface area contributed by atoms with Crippen LogP contribution in [-0.2, 0) is 4.79 Å². The van der Waals surface area contributed by atoms with E-state index in [9.17, 15) is 18.0 Å². The Morgan fingerprint density at radius 2 is 2.22 bits per heavy atom. The summed E-state index contributed by atoms with van der Waals surface area (Å²) >= 11 is 1.79. The fourth-order valence-corrected chi connectivity index (χ4v) is 2.96. The molecule has 0 aliphatic carbocycles. The first-order chi connectivity index (χ1) is 10.4. The third kappa shape index (κ3) is 7.81. The van der Waals surface area contributed by atoms with E-state index in [0.29, 0.717) is 12.1 Å². The summed E-state index contributed by atoms with van der Waals surface area (Å²) in [6.07, 6.45) is -4.05. The lowest BCUT2D eigenvalue weighted by atomic mass is 10.2. The third-order valence-electron chi connectivity index (χ3n) is 2.95. The summed E-state index contributed by atoms with van der Waals surface area (Å²) in [5.41, 5.74) is 0.424. The number of rotatable bonds is 5. The van der Waals surface area contributed by atoms with Gasteiger partial charge in [-0.1, -0.05) is 6.07 Å². The molecule has 1 saturated heterocycles. The molecule has 130 valence electrons. The van der Waals surface area contributed by atoms with Crippen molar-refractivity contribution in [3.63, 3.8) is 0 Å². The molecule has 2 rings (SSSR count). The van der Waals surface area contributed by atoms with Gasteiger partial charge in [-0.05, 0) is 12.1 Å². The standard InChI is InChI=1S/C14H17F3N2O2S.ClH/c15-14(16,17)9-21-12-3-1-2-10(6-12)19-13(20)7-11-8-22-5-4-18-11;/h1-3,6,11,18H,4-5,7-9H2,(H,19,20);1H. The quantitative estimate of drug-likeness (QED) is 0.836. The van der Waals surface area contributed by atoms with Gasteiger partial charge in [-0.15, -0.1) is 12.4 Å². The van der Waals surface area contributed by atoms with E-state index in [1.165, 1.54) is 18.2 Å². The number of carbonyl (C=O) groups is 1. The van der Waals surface area contributed by atoms with Gasteiger partial charge in [0.15, 0.2) is 6.61 Å². The summed E-state index contributed by atoms with van der Waals surface area (Å²) in [6.45, 7) is -0.475. The van der Waals surface area contributed by atoms with Crippen molar-refractivity contribution in [1.82, 2.24) is 5.32 Å². The Labute approximate surface area is 142 Å². The normalized spacial score (nSPS) is 18.0. The smallest absolute Gasteiger partial charge is 0.422 e. The van der Waals surface area contributed by atoms with Crippen molar-refractivity contribution >= 4 is 35.8 Å². The minimum Gasteiger partial charge on any atom is -0.484 e. The van der Waals surface area contributed by atoms with Gasteiger partial charge >= 0.3 is 6.18 Å². The topological polar surface area (TPSA) is 50.4 Å². The van der Waals surface area contributed by atoms with E-state index in [0.717, 1.165) is 18.1 Å². The first-order valence-electron chi connectivity index (χ1n) is 6.83. The van der Waals surface area contributed by atoms with Gasteiger partial charge < -0.3 is 15.4 Å². The number of ether oxygens (including phenoxy) is 1. The van der Waals surface area contributed by atoms with Gasteiger partial charge in [-0.25, -0.2) is 0 Å². The fraction of sp³-hybridized carbons (Fsp3) is 0.500. The number of thioether (sulfide) groups is 1. The Hall–Kier alpha value is -1.12. The van der Waals surface area contributed by atoms with Crippen LogP contribution in [0.15, 0.2) is 24.3 Å². The summed E-state index contributed by atoms with van der Waals surface area (Å²) in [6, 6.07) is 6.08. The second-order valence-corrected chi connectivity index (χ2v) is 6.06. The van der Waals surface area contributed by atoms with Crippen molar-refractivity contribution in [1.29, 1.82) is 0 Å². The van der Waals surface area contributed by atoms with Crippen LogP contribution in [-0.4, -0.2) is 42.8 Å². The SMILES string of the molecule is Cl.O=C(CC1CSCCN1)Nc1cccc(OCC(F)(F)F)c1. The van der Waals surface area contributed by atoms with Gasteiger partial charge in [0.2, 0.25) is 5.91 Å². The highest BCUT2D eigenvalue weighted by atomic mass is 35.5. The minimum absolute atomic E-state index is 0. The molecule has 4 nitrogen and oxygen atoms in total. The predicted octanol–water partition coefficient (Wildman–Crippen LogP) is 3.08. The molecule has 1 aromatic carbocycles. The molecule has 23 heavy (non-hydrogen) atoms. The summed E-state index contributed by atoms with van der Waals surface area (Å²) in [4.78, 5) is 11.9. The zero-order valence-electron chi connectivity index (χ0n) is 12.2. The summed E-state index contributed by atoms with van der Waals surface area (Å²) in [5.74, 6) is 1.81. The molecule has 1 aliphatic rings. The van der Waals surface area contributed by atoms with Crippen LogP contribution < -0.4 is 15.4 Å². The number of nitrogens with one attached hydrogen (secondary N) is 2. The maximum absolute atomic E-state index is 12.1. The monoisotopic (exact) mass is 370 g/mol. The fourth-order valence-electron chi connectivity index (χ4n) is 2.02. The van der Waals surface area contributed by atoms with Crippen molar-refractivity contribution in [2.24, 2.45) is 0 Å². The van der Waals surface area contributed by atoms with Crippen LogP contribution in [0.4, 0.5) is 18.9 Å². The zero-order chi connectivity index (χ0) is 16.0. The van der Waals surface area contributed by atoms with Crippen molar-refractivity contribution in [3.8, 4) is 5.75 Å². The molecule has 1 heterocycles. The van der Waals surface area contributed by atoms with Gasteiger partial charge in [0.25, 0.3) is 0 Å². The van der Waals surface area contributed by atoms with E-state index >= 15 is 0 Å². The van der Waals surface area contributed by atoms with Crippen LogP contribution in [0, 0.1) is 0 Å². The van der Waals surface area contributed by atoms with Crippen LogP contribution in [0.25, 0.3) is 0 Å². The number of halogens is 4. The first kappa shape index (κ1) is 19.9. The van der Waals surface area contributed by atoms with Gasteiger partial charge in [0, 0.05) is 42.3 Å². The van der Waals surface area contributed by atoms with Crippen LogP contribution in [0.1, 0.15) is 6.42 Å². The molecule has 1 amide bonds. The third-order valence-corrected chi connectivity index (χ3v) is 4.08. The molecule has 0 bridgehead atoms. The van der Waals surface area contributed by atoms with E-state index in [-0.39, 0.29) is 30.1 Å². The van der Waals surface area contributed by atoms with Crippen molar-refractivity contribution < 1.29 is 22.7 Å². The molecular formula is C14H18ClF3N2O2S. The highest BCUT2D eigenvalue weighted by Crippen LogP contribution is 2.21. The van der Waals surface area contributed by atoms with Gasteiger partial charge in [0.1, 0.15) is 5.75 Å². The Balaban J connectivity index is 0.00000264. The molecule has 1 atom stereocenters. The molecule has 0 saturated carbocycles. The lowest BCUT2D eigenvalue weighted by Gasteiger charge is -2.22. The molecule has 2 N–H and O–H groups in total. The molecular weight excluding hydrogens is 353 g/mol. The Kier molecular flexibility index (Phi) is 8.01. The van der Waals surface area contributed by atoms with Gasteiger partial charge in [-0.3, -0.25) is 4.79 Å². The summed E-state index contributed by atoms with van der Waals surface area (Å²) in [5, 5.41) is 5.93. The van der Waals surface area contributed by atoms with Crippen molar-refractivity contribution in [2.75, 3.05) is 30.0 Å². The Morgan fingerprint density at radius 1 is 1.43 bits per heavy atom. The largest absolute Gasteiger partial charge is 0.484 e. The number of hydrogen-bond acceptors (Lipinski definition) is 4. The number of hydrogen-bond donors (Lipinski definition) is 2. The number of benzene rings is 1. The van der Waals surface area contributed by atoms with E-state index in [4.69, 9.17) is 0 Å². The van der Waals surface area contributed by atoms with Crippen molar-refractivity contribution in [3.05, 3.63) is 24.3 Å². The minimum atomic E-state index is -4.39. The zero-order valence-corrected chi connectivity index (χ0v) is 13.8. The number of amides is 1. The Morgan fingerprint density at radius 3 is 2.87 bits per heavy atom. The molecule has 9 heteroatoms. The molecule has 1 unspecified atom stereocenters. The second-order valence-electron chi connectivity index (χ2n) is 4.91. The van der Waals surface area contributed by atoms with Crippen LogP contribution in [0.5, 0.6) is 5.75 Å². The first-order valence-corrected chi connectivity index (χ1v) is 7.98. The maximum Gasteiger partial charge on any atom is 0.422 e. The molecule has 0 aromatic heterocycles. The average molecular weight is 371 g/mol. The average Bonchev–Trinajstić information content (AvgIpc) is 2.46. The molecule has 1 fully saturated rings. The highest BCUT2D eigenvalue weighted by molar-refractivity contribution is 7.99. The van der Waals surface area contributed by atoms with Crippen molar-refractivity contribution in [2.45, 2.75) is 18.6 Å². The second kappa shape index (κ2) is 9.24. The van der Waals surface area contributed by atoms with Crippen LogP contribution >= 0.6 is 24.2 Å².